The summed E-state index contributed by atoms with van der Waals surface area (Å²) in [5, 5.41) is 0.625. The fourth-order valence-corrected chi connectivity index (χ4v) is 4.43. The molecule has 0 radical (unpaired) electrons. The number of rotatable bonds is 5. The molecule has 2 heterocycles. The van der Waals surface area contributed by atoms with E-state index in [1.54, 1.807) is 0 Å². The summed E-state index contributed by atoms with van der Waals surface area (Å²) in [6.45, 7) is 1.28. The SMILES string of the molecule is CN(C)CCCOC(=O)c1cc2c(s1)-c1cc(Cl)ccc1Oc1ccccc1-2. The summed E-state index contributed by atoms with van der Waals surface area (Å²) in [4.78, 5) is 16.2. The first-order valence-corrected chi connectivity index (χ1v) is 10.3. The van der Waals surface area contributed by atoms with E-state index in [-0.39, 0.29) is 5.97 Å². The minimum absolute atomic E-state index is 0.293. The number of nitrogens with zero attached hydrogens (tertiary/aromatic N) is 1. The number of hydrogen-bond acceptors (Lipinski definition) is 5. The van der Waals surface area contributed by atoms with Gasteiger partial charge in [-0.25, -0.2) is 4.79 Å². The van der Waals surface area contributed by atoms with Crippen molar-refractivity contribution in [3.8, 4) is 33.1 Å². The summed E-state index contributed by atoms with van der Waals surface area (Å²) < 4.78 is 11.6. The van der Waals surface area contributed by atoms with Crippen LogP contribution in [0.25, 0.3) is 21.6 Å². The molecule has 28 heavy (non-hydrogen) atoms. The van der Waals surface area contributed by atoms with Crippen molar-refractivity contribution in [2.45, 2.75) is 6.42 Å². The van der Waals surface area contributed by atoms with Crippen LogP contribution < -0.4 is 4.74 Å². The maximum atomic E-state index is 12.6. The van der Waals surface area contributed by atoms with Gasteiger partial charge in [0.25, 0.3) is 0 Å². The van der Waals surface area contributed by atoms with Crippen LogP contribution in [0.3, 0.4) is 0 Å². The number of fused-ring (bicyclic) bond motifs is 5. The Morgan fingerprint density at radius 1 is 1.07 bits per heavy atom. The maximum Gasteiger partial charge on any atom is 0.348 e. The summed E-state index contributed by atoms with van der Waals surface area (Å²) in [6, 6.07) is 15.3. The Labute approximate surface area is 173 Å². The lowest BCUT2D eigenvalue weighted by molar-refractivity contribution is 0.0499. The number of carbonyl (C=O) groups excluding carboxylic acids is 1. The average molecular weight is 414 g/mol. The molecule has 1 aliphatic heterocycles. The first-order chi connectivity index (χ1) is 13.5. The molecule has 4 nitrogen and oxygen atoms in total. The van der Waals surface area contributed by atoms with Gasteiger partial charge in [-0.05, 0) is 50.8 Å². The van der Waals surface area contributed by atoms with Crippen LogP contribution in [-0.2, 0) is 4.74 Å². The quantitative estimate of drug-likeness (QED) is 0.299. The maximum absolute atomic E-state index is 12.6. The lowest BCUT2D eigenvalue weighted by Gasteiger charge is -2.09. The van der Waals surface area contributed by atoms with Crippen LogP contribution in [0.1, 0.15) is 16.1 Å². The highest BCUT2D eigenvalue weighted by molar-refractivity contribution is 7.18. The van der Waals surface area contributed by atoms with Crippen LogP contribution in [0.5, 0.6) is 11.5 Å². The van der Waals surface area contributed by atoms with E-state index in [9.17, 15) is 4.79 Å². The van der Waals surface area contributed by atoms with Crippen molar-refractivity contribution >= 4 is 28.9 Å². The number of carbonyl (C=O) groups is 1. The molecule has 6 heteroatoms. The summed E-state index contributed by atoms with van der Waals surface area (Å²) in [7, 11) is 4.00. The molecule has 1 aliphatic rings. The normalized spacial score (nSPS) is 11.9. The van der Waals surface area contributed by atoms with Crippen LogP contribution in [0.2, 0.25) is 5.02 Å². The highest BCUT2D eigenvalue weighted by Gasteiger charge is 2.25. The number of halogens is 1. The minimum Gasteiger partial charge on any atom is -0.461 e. The molecular formula is C22H20ClNO3S. The molecule has 0 fully saturated rings. The Bertz CT molecular complexity index is 1030. The van der Waals surface area contributed by atoms with E-state index in [0.29, 0.717) is 16.5 Å². The molecule has 0 unspecified atom stereocenters. The van der Waals surface area contributed by atoms with Gasteiger partial charge in [-0.1, -0.05) is 29.8 Å². The van der Waals surface area contributed by atoms with Crippen LogP contribution in [0, 0.1) is 0 Å². The van der Waals surface area contributed by atoms with Crippen LogP contribution >= 0.6 is 22.9 Å². The number of para-hydroxylation sites is 1. The molecule has 2 aromatic carbocycles. The monoisotopic (exact) mass is 413 g/mol. The second-order valence-corrected chi connectivity index (χ2v) is 8.37. The topological polar surface area (TPSA) is 38.8 Å². The highest BCUT2D eigenvalue weighted by atomic mass is 35.5. The Kier molecular flexibility index (Phi) is 5.40. The highest BCUT2D eigenvalue weighted by Crippen LogP contribution is 2.50. The van der Waals surface area contributed by atoms with E-state index in [0.717, 1.165) is 46.0 Å². The van der Waals surface area contributed by atoms with Crippen molar-refractivity contribution < 1.29 is 14.3 Å². The van der Waals surface area contributed by atoms with Gasteiger partial charge in [0.15, 0.2) is 0 Å². The van der Waals surface area contributed by atoms with Crippen molar-refractivity contribution in [3.63, 3.8) is 0 Å². The van der Waals surface area contributed by atoms with E-state index >= 15 is 0 Å². The molecule has 0 spiro atoms. The minimum atomic E-state index is -0.293. The first kappa shape index (κ1) is 19.0. The molecular weight excluding hydrogens is 394 g/mol. The molecule has 144 valence electrons. The third-order valence-corrected chi connectivity index (χ3v) is 5.88. The van der Waals surface area contributed by atoms with Crippen molar-refractivity contribution in [1.29, 1.82) is 0 Å². The zero-order chi connectivity index (χ0) is 19.7. The third kappa shape index (κ3) is 3.78. The lowest BCUT2D eigenvalue weighted by Crippen LogP contribution is -2.16. The van der Waals surface area contributed by atoms with Gasteiger partial charge in [-0.15, -0.1) is 11.3 Å². The van der Waals surface area contributed by atoms with Gasteiger partial charge < -0.3 is 14.4 Å². The van der Waals surface area contributed by atoms with Crippen LogP contribution in [0.15, 0.2) is 48.5 Å². The van der Waals surface area contributed by atoms with Crippen LogP contribution in [-0.4, -0.2) is 38.1 Å². The molecule has 0 atom stereocenters. The molecule has 0 saturated heterocycles. The van der Waals surface area contributed by atoms with E-state index in [1.807, 2.05) is 62.6 Å². The van der Waals surface area contributed by atoms with E-state index in [2.05, 4.69) is 4.90 Å². The second-order valence-electron chi connectivity index (χ2n) is 6.88. The zero-order valence-electron chi connectivity index (χ0n) is 15.7. The fraction of sp³-hybridized carbons (Fsp3) is 0.227. The molecule has 3 aromatic rings. The summed E-state index contributed by atoms with van der Waals surface area (Å²) in [5.41, 5.74) is 2.80. The number of esters is 1. The molecule has 0 aliphatic carbocycles. The van der Waals surface area contributed by atoms with E-state index in [4.69, 9.17) is 21.1 Å². The summed E-state index contributed by atoms with van der Waals surface area (Å²) in [5.74, 6) is 1.19. The number of benzene rings is 2. The van der Waals surface area contributed by atoms with Crippen LogP contribution in [0.4, 0.5) is 0 Å². The van der Waals surface area contributed by atoms with Crippen molar-refractivity contribution in [3.05, 3.63) is 58.4 Å². The molecule has 0 amide bonds. The average Bonchev–Trinajstić information content (AvgIpc) is 3.07. The Morgan fingerprint density at radius 2 is 1.86 bits per heavy atom. The predicted octanol–water partition coefficient (Wildman–Crippen LogP) is 5.95. The summed E-state index contributed by atoms with van der Waals surface area (Å²) >= 11 is 7.65. The van der Waals surface area contributed by atoms with Gasteiger partial charge in [0, 0.05) is 33.1 Å². The molecule has 0 bridgehead atoms. The van der Waals surface area contributed by atoms with Gasteiger partial charge in [-0.3, -0.25) is 0 Å². The summed E-state index contributed by atoms with van der Waals surface area (Å²) in [6.07, 6.45) is 0.805. The standard InChI is InChI=1S/C22H20ClNO3S/c1-24(2)10-5-11-26-22(25)20-13-16-15-6-3-4-7-18(15)27-19-9-8-14(23)12-17(19)21(16)28-20/h3-4,6-9,12-13H,5,10-11H2,1-2H3. The number of hydrogen-bond donors (Lipinski definition) is 0. The number of thiophene rings is 1. The third-order valence-electron chi connectivity index (χ3n) is 4.50. The predicted molar refractivity (Wildman–Crippen MR) is 114 cm³/mol. The van der Waals surface area contributed by atoms with Gasteiger partial charge in [0.05, 0.1) is 6.61 Å². The Hall–Kier alpha value is -2.34. The smallest absolute Gasteiger partial charge is 0.348 e. The lowest BCUT2D eigenvalue weighted by atomic mass is 10.0. The van der Waals surface area contributed by atoms with Gasteiger partial charge in [-0.2, -0.15) is 0 Å². The molecule has 4 rings (SSSR count). The van der Waals surface area contributed by atoms with E-state index in [1.165, 1.54) is 11.3 Å². The fourth-order valence-electron chi connectivity index (χ4n) is 3.17. The van der Waals surface area contributed by atoms with Gasteiger partial charge >= 0.3 is 5.97 Å². The van der Waals surface area contributed by atoms with Crippen molar-refractivity contribution in [2.24, 2.45) is 0 Å². The van der Waals surface area contributed by atoms with Gasteiger partial charge in [0.2, 0.25) is 0 Å². The Morgan fingerprint density at radius 3 is 2.68 bits per heavy atom. The molecule has 0 saturated carbocycles. The largest absolute Gasteiger partial charge is 0.461 e. The zero-order valence-corrected chi connectivity index (χ0v) is 17.3. The van der Waals surface area contributed by atoms with Gasteiger partial charge in [0.1, 0.15) is 16.4 Å². The molecule has 1 aromatic heterocycles. The second kappa shape index (κ2) is 7.95. The van der Waals surface area contributed by atoms with E-state index < -0.39 is 0 Å². The van der Waals surface area contributed by atoms with Crippen molar-refractivity contribution in [1.82, 2.24) is 4.90 Å². The van der Waals surface area contributed by atoms with Crippen molar-refractivity contribution in [2.75, 3.05) is 27.2 Å². The first-order valence-electron chi connectivity index (χ1n) is 9.06. The number of ether oxygens (including phenoxy) is 2. The molecule has 0 N–H and O–H groups in total. The Balaban J connectivity index is 1.71.